The van der Waals surface area contributed by atoms with Crippen LogP contribution in [0.2, 0.25) is 0 Å². The van der Waals surface area contributed by atoms with Gasteiger partial charge >= 0.3 is 0 Å². The highest BCUT2D eigenvalue weighted by molar-refractivity contribution is 5.68. The van der Waals surface area contributed by atoms with Crippen LogP contribution in [-0.4, -0.2) is 13.1 Å². The Labute approximate surface area is 91.1 Å². The molecule has 0 amide bonds. The first kappa shape index (κ1) is 9.08. The molecule has 15 heavy (non-hydrogen) atoms. The fourth-order valence-electron chi connectivity index (χ4n) is 2.51. The molecule has 1 fully saturated rings. The molecular weight excluding hydrogens is 184 g/mol. The normalized spacial score (nSPS) is 19.3. The lowest BCUT2D eigenvalue weighted by Gasteiger charge is -2.19. The Kier molecular flexibility index (Phi) is 2.08. The van der Waals surface area contributed by atoms with Crippen LogP contribution in [0.4, 0.5) is 11.4 Å². The molecule has 1 aliphatic carbocycles. The third kappa shape index (κ3) is 1.69. The lowest BCUT2D eigenvalue weighted by atomic mass is 10.1. The van der Waals surface area contributed by atoms with Crippen molar-refractivity contribution in [1.82, 2.24) is 0 Å². The number of nitrogen functional groups attached to an aromatic ring is 1. The lowest BCUT2D eigenvalue weighted by Crippen LogP contribution is -2.21. The van der Waals surface area contributed by atoms with Crippen LogP contribution in [0.3, 0.4) is 0 Å². The van der Waals surface area contributed by atoms with Gasteiger partial charge in [-0.15, -0.1) is 0 Å². The van der Waals surface area contributed by atoms with E-state index in [1.165, 1.54) is 37.1 Å². The van der Waals surface area contributed by atoms with Gasteiger partial charge in [-0.2, -0.15) is 0 Å². The zero-order valence-corrected chi connectivity index (χ0v) is 9.08. The molecule has 0 saturated heterocycles. The van der Waals surface area contributed by atoms with Crippen LogP contribution in [-0.2, 0) is 6.42 Å². The minimum absolute atomic E-state index is 0.974. The molecular formula is C13H18N2. The summed E-state index contributed by atoms with van der Waals surface area (Å²) in [5.41, 5.74) is 9.70. The van der Waals surface area contributed by atoms with Crippen molar-refractivity contribution < 1.29 is 0 Å². The van der Waals surface area contributed by atoms with E-state index < -0.39 is 0 Å². The predicted octanol–water partition coefficient (Wildman–Crippen LogP) is 2.43. The third-order valence-corrected chi connectivity index (χ3v) is 3.66. The van der Waals surface area contributed by atoms with E-state index in [1.807, 2.05) is 6.07 Å². The number of benzene rings is 1. The average molecular weight is 202 g/mol. The largest absolute Gasteiger partial charge is 0.398 e. The Morgan fingerprint density at radius 3 is 3.00 bits per heavy atom. The van der Waals surface area contributed by atoms with Crippen LogP contribution in [0.1, 0.15) is 24.8 Å². The highest BCUT2D eigenvalue weighted by atomic mass is 15.1. The van der Waals surface area contributed by atoms with Gasteiger partial charge in [0.15, 0.2) is 0 Å². The van der Waals surface area contributed by atoms with Crippen LogP contribution in [0.15, 0.2) is 18.2 Å². The van der Waals surface area contributed by atoms with Gasteiger partial charge in [0, 0.05) is 30.0 Å². The molecule has 2 aliphatic rings. The molecule has 2 heteroatoms. The van der Waals surface area contributed by atoms with Crippen molar-refractivity contribution in [3.8, 4) is 0 Å². The Morgan fingerprint density at radius 1 is 1.33 bits per heavy atom. The van der Waals surface area contributed by atoms with Gasteiger partial charge in [-0.1, -0.05) is 18.9 Å². The highest BCUT2D eigenvalue weighted by Crippen LogP contribution is 2.36. The first-order chi connectivity index (χ1) is 7.34. The first-order valence-electron chi connectivity index (χ1n) is 5.97. The highest BCUT2D eigenvalue weighted by Gasteiger charge is 2.25. The van der Waals surface area contributed by atoms with Gasteiger partial charge in [0.1, 0.15) is 0 Å². The molecule has 2 N–H and O–H groups in total. The van der Waals surface area contributed by atoms with E-state index in [9.17, 15) is 0 Å². The predicted molar refractivity (Wildman–Crippen MR) is 64.1 cm³/mol. The molecule has 1 aromatic carbocycles. The smallest absolute Gasteiger partial charge is 0.0420 e. The summed E-state index contributed by atoms with van der Waals surface area (Å²) in [6, 6.07) is 6.30. The average Bonchev–Trinajstić information content (AvgIpc) is 2.97. The second-order valence-corrected chi connectivity index (χ2v) is 4.81. The van der Waals surface area contributed by atoms with E-state index in [4.69, 9.17) is 5.73 Å². The van der Waals surface area contributed by atoms with E-state index in [1.54, 1.807) is 0 Å². The Bertz CT molecular complexity index is 369. The van der Waals surface area contributed by atoms with Crippen molar-refractivity contribution in [3.63, 3.8) is 0 Å². The zero-order valence-electron chi connectivity index (χ0n) is 9.08. The van der Waals surface area contributed by atoms with Crippen molar-refractivity contribution in [1.29, 1.82) is 0 Å². The molecule has 0 bridgehead atoms. The molecule has 0 aromatic heterocycles. The summed E-state index contributed by atoms with van der Waals surface area (Å²) in [6.07, 6.45) is 5.41. The lowest BCUT2D eigenvalue weighted by molar-refractivity contribution is 0.691. The second kappa shape index (κ2) is 3.44. The van der Waals surface area contributed by atoms with Crippen molar-refractivity contribution in [2.24, 2.45) is 5.92 Å². The maximum absolute atomic E-state index is 5.98. The van der Waals surface area contributed by atoms with Crippen molar-refractivity contribution in [3.05, 3.63) is 23.8 Å². The van der Waals surface area contributed by atoms with Gasteiger partial charge in [0.05, 0.1) is 0 Å². The number of nitrogens with zero attached hydrogens (tertiary/aromatic N) is 1. The number of fused-ring (bicyclic) bond motifs is 1. The number of nitrogens with two attached hydrogens (primary N) is 1. The maximum Gasteiger partial charge on any atom is 0.0420 e. The van der Waals surface area contributed by atoms with Crippen LogP contribution in [0.5, 0.6) is 0 Å². The topological polar surface area (TPSA) is 29.3 Å². The van der Waals surface area contributed by atoms with Crippen LogP contribution < -0.4 is 10.6 Å². The molecule has 0 unspecified atom stereocenters. The van der Waals surface area contributed by atoms with Crippen LogP contribution in [0, 0.1) is 5.92 Å². The SMILES string of the molecule is Nc1cccc2c1CCN2CCC1CC1. The van der Waals surface area contributed by atoms with Gasteiger partial charge in [-0.05, 0) is 30.9 Å². The maximum atomic E-state index is 5.98. The van der Waals surface area contributed by atoms with E-state index in [0.29, 0.717) is 0 Å². The van der Waals surface area contributed by atoms with Crippen molar-refractivity contribution in [2.45, 2.75) is 25.7 Å². The number of anilines is 2. The van der Waals surface area contributed by atoms with Crippen LogP contribution in [0.25, 0.3) is 0 Å². The summed E-state index contributed by atoms with van der Waals surface area (Å²) in [4.78, 5) is 2.50. The van der Waals surface area contributed by atoms with E-state index in [0.717, 1.165) is 24.6 Å². The molecule has 1 aliphatic heterocycles. The fraction of sp³-hybridized carbons (Fsp3) is 0.538. The zero-order chi connectivity index (χ0) is 10.3. The van der Waals surface area contributed by atoms with E-state index in [2.05, 4.69) is 17.0 Å². The Morgan fingerprint density at radius 2 is 2.20 bits per heavy atom. The summed E-state index contributed by atoms with van der Waals surface area (Å²) < 4.78 is 0. The molecule has 1 saturated carbocycles. The minimum atomic E-state index is 0.974. The van der Waals surface area contributed by atoms with Gasteiger partial charge in [0.25, 0.3) is 0 Å². The number of hydrogen-bond acceptors (Lipinski definition) is 2. The third-order valence-electron chi connectivity index (χ3n) is 3.66. The molecule has 80 valence electrons. The standard InChI is InChI=1S/C13H18N2/c14-12-2-1-3-13-11(12)7-9-15(13)8-6-10-4-5-10/h1-3,10H,4-9,14H2. The monoisotopic (exact) mass is 202 g/mol. The molecule has 0 atom stereocenters. The number of rotatable bonds is 3. The summed E-state index contributed by atoms with van der Waals surface area (Å²) in [6.45, 7) is 2.39. The quantitative estimate of drug-likeness (QED) is 0.763. The molecule has 2 nitrogen and oxygen atoms in total. The fourth-order valence-corrected chi connectivity index (χ4v) is 2.51. The number of hydrogen-bond donors (Lipinski definition) is 1. The summed E-state index contributed by atoms with van der Waals surface area (Å²) in [5.74, 6) is 1.02. The van der Waals surface area contributed by atoms with Crippen LogP contribution >= 0.6 is 0 Å². The molecule has 3 rings (SSSR count). The molecule has 0 spiro atoms. The van der Waals surface area contributed by atoms with E-state index in [-0.39, 0.29) is 0 Å². The van der Waals surface area contributed by atoms with Crippen molar-refractivity contribution >= 4 is 11.4 Å². The summed E-state index contributed by atoms with van der Waals surface area (Å²) in [5, 5.41) is 0. The van der Waals surface area contributed by atoms with Gasteiger partial charge < -0.3 is 10.6 Å². The molecule has 0 radical (unpaired) electrons. The second-order valence-electron chi connectivity index (χ2n) is 4.81. The van der Waals surface area contributed by atoms with Crippen molar-refractivity contribution in [2.75, 3.05) is 23.7 Å². The van der Waals surface area contributed by atoms with Gasteiger partial charge in [-0.25, -0.2) is 0 Å². The molecule has 1 heterocycles. The van der Waals surface area contributed by atoms with Gasteiger partial charge in [-0.3, -0.25) is 0 Å². The van der Waals surface area contributed by atoms with E-state index >= 15 is 0 Å². The Balaban J connectivity index is 1.75. The molecule has 1 aromatic rings. The summed E-state index contributed by atoms with van der Waals surface area (Å²) in [7, 11) is 0. The van der Waals surface area contributed by atoms with Gasteiger partial charge in [0.2, 0.25) is 0 Å². The minimum Gasteiger partial charge on any atom is -0.398 e. The Hall–Kier alpha value is -1.18. The summed E-state index contributed by atoms with van der Waals surface area (Å²) >= 11 is 0. The first-order valence-corrected chi connectivity index (χ1v) is 5.97.